The minimum Gasteiger partial charge on any atom is -0.489 e. The molecule has 2 aromatic carbocycles. The number of hydrogen-bond acceptors (Lipinski definition) is 6. The van der Waals surface area contributed by atoms with E-state index in [2.05, 4.69) is 35.9 Å². The molecule has 0 saturated heterocycles. The Morgan fingerprint density at radius 3 is 2.59 bits per heavy atom. The second-order valence-corrected chi connectivity index (χ2v) is 13.2. The average Bonchev–Trinajstić information content (AvgIpc) is 3.64. The van der Waals surface area contributed by atoms with Gasteiger partial charge in [-0.3, -0.25) is 15.1 Å². The first-order chi connectivity index (χ1) is 21.3. The van der Waals surface area contributed by atoms with Gasteiger partial charge >= 0.3 is 0 Å². The first-order valence-corrected chi connectivity index (χ1v) is 16.5. The van der Waals surface area contributed by atoms with Crippen molar-refractivity contribution in [2.24, 2.45) is 0 Å². The number of sulfonamides is 1. The number of ether oxygens (including phenoxy) is 1. The van der Waals surface area contributed by atoms with Crippen molar-refractivity contribution in [3.63, 3.8) is 0 Å². The summed E-state index contributed by atoms with van der Waals surface area (Å²) >= 11 is 0. The summed E-state index contributed by atoms with van der Waals surface area (Å²) in [4.78, 5) is 12.5. The zero-order chi connectivity index (χ0) is 30.3. The van der Waals surface area contributed by atoms with Crippen LogP contribution in [0.4, 0.5) is 4.39 Å². The summed E-state index contributed by atoms with van der Waals surface area (Å²) in [6.45, 7) is -0.0231. The lowest BCUT2D eigenvalue weighted by atomic mass is 9.98. The molecule has 0 radical (unpaired) electrons. The van der Waals surface area contributed by atoms with Crippen LogP contribution in [0.1, 0.15) is 37.7 Å². The zero-order valence-corrected chi connectivity index (χ0v) is 24.9. The molecular formula is C33H31FN6O3S. The van der Waals surface area contributed by atoms with Gasteiger partial charge in [0.1, 0.15) is 17.3 Å². The number of rotatable bonds is 8. The maximum atomic E-state index is 14.6. The fourth-order valence-corrected chi connectivity index (χ4v) is 6.36. The highest BCUT2D eigenvalue weighted by Crippen LogP contribution is 2.35. The van der Waals surface area contributed by atoms with E-state index in [9.17, 15) is 12.8 Å². The molecule has 4 heterocycles. The van der Waals surface area contributed by atoms with Crippen molar-refractivity contribution in [2.45, 2.75) is 44.8 Å². The number of benzene rings is 2. The highest BCUT2D eigenvalue weighted by molar-refractivity contribution is 7.88. The van der Waals surface area contributed by atoms with E-state index in [1.807, 2.05) is 36.5 Å². The molecule has 0 atom stereocenters. The van der Waals surface area contributed by atoms with Crippen LogP contribution >= 0.6 is 0 Å². The van der Waals surface area contributed by atoms with Crippen molar-refractivity contribution in [3.8, 4) is 39.5 Å². The molecule has 0 aliphatic heterocycles. The van der Waals surface area contributed by atoms with Crippen molar-refractivity contribution >= 4 is 31.8 Å². The highest BCUT2D eigenvalue weighted by Gasteiger charge is 2.18. The second-order valence-electron chi connectivity index (χ2n) is 11.4. The minimum absolute atomic E-state index is 0.0231. The molecule has 0 bridgehead atoms. The number of pyridine rings is 2. The second kappa shape index (κ2) is 11.5. The number of aromatic amines is 2. The van der Waals surface area contributed by atoms with E-state index in [1.54, 1.807) is 18.5 Å². The van der Waals surface area contributed by atoms with Gasteiger partial charge in [-0.1, -0.05) is 12.5 Å². The number of fused-ring (bicyclic) bond motifs is 2. The van der Waals surface area contributed by atoms with Gasteiger partial charge in [-0.25, -0.2) is 17.5 Å². The molecule has 7 rings (SSSR count). The summed E-state index contributed by atoms with van der Waals surface area (Å²) in [5, 5.41) is 9.48. The van der Waals surface area contributed by atoms with E-state index >= 15 is 0 Å². The number of hydrogen-bond donors (Lipinski definition) is 3. The summed E-state index contributed by atoms with van der Waals surface area (Å²) in [6, 6.07) is 16.4. The molecule has 4 aromatic heterocycles. The lowest BCUT2D eigenvalue weighted by molar-refractivity contribution is 0.154. The maximum Gasteiger partial charge on any atom is 0.209 e. The Hall–Kier alpha value is -4.61. The molecule has 6 aromatic rings. The third-order valence-corrected chi connectivity index (χ3v) is 8.71. The summed E-state index contributed by atoms with van der Waals surface area (Å²) in [5.74, 6) is 0.307. The Bertz CT molecular complexity index is 2100. The van der Waals surface area contributed by atoms with Gasteiger partial charge in [0.25, 0.3) is 0 Å². The van der Waals surface area contributed by atoms with Crippen LogP contribution < -0.4 is 9.46 Å². The Labute approximate surface area is 254 Å². The molecule has 9 nitrogen and oxygen atoms in total. The van der Waals surface area contributed by atoms with Gasteiger partial charge in [-0.2, -0.15) is 5.10 Å². The maximum absolute atomic E-state index is 14.6. The first-order valence-electron chi connectivity index (χ1n) is 14.6. The van der Waals surface area contributed by atoms with Gasteiger partial charge in [0.05, 0.1) is 35.5 Å². The quantitative estimate of drug-likeness (QED) is 0.175. The molecule has 224 valence electrons. The van der Waals surface area contributed by atoms with Gasteiger partial charge in [0.2, 0.25) is 10.0 Å². The van der Waals surface area contributed by atoms with Gasteiger partial charge in [-0.15, -0.1) is 0 Å². The largest absolute Gasteiger partial charge is 0.489 e. The fraction of sp³-hybridized carbons (Fsp3) is 0.242. The molecule has 11 heteroatoms. The van der Waals surface area contributed by atoms with Crippen molar-refractivity contribution in [1.29, 1.82) is 0 Å². The van der Waals surface area contributed by atoms with E-state index < -0.39 is 15.8 Å². The van der Waals surface area contributed by atoms with Crippen LogP contribution in [0, 0.1) is 5.82 Å². The molecular weight excluding hydrogens is 579 g/mol. The smallest absolute Gasteiger partial charge is 0.209 e. The molecule has 3 N–H and O–H groups in total. The third kappa shape index (κ3) is 5.93. The summed E-state index contributed by atoms with van der Waals surface area (Å²) < 4.78 is 46.5. The molecule has 0 amide bonds. The SMILES string of the molecule is CS(=O)(=O)NCc1cc(F)cc(-c2nccc3[nH]c(-c4n[nH]c5ccc(-c6cncc(OC7CCCCC7)c6)cc45)cc23)c1. The molecule has 0 unspecified atom stereocenters. The topological polar surface area (TPSA) is 126 Å². The van der Waals surface area contributed by atoms with Crippen LogP contribution in [0.15, 0.2) is 73.2 Å². The Morgan fingerprint density at radius 2 is 1.75 bits per heavy atom. The van der Waals surface area contributed by atoms with Gasteiger partial charge in [0, 0.05) is 46.4 Å². The number of H-pyrrole nitrogens is 2. The zero-order valence-electron chi connectivity index (χ0n) is 24.1. The molecule has 44 heavy (non-hydrogen) atoms. The summed E-state index contributed by atoms with van der Waals surface area (Å²) in [5.41, 5.74) is 6.79. The van der Waals surface area contributed by atoms with Gasteiger partial charge in [-0.05, 0) is 85.3 Å². The lowest BCUT2D eigenvalue weighted by Gasteiger charge is -2.23. The summed E-state index contributed by atoms with van der Waals surface area (Å²) in [6.07, 6.45) is 12.4. The third-order valence-electron chi connectivity index (χ3n) is 8.04. The summed E-state index contributed by atoms with van der Waals surface area (Å²) in [7, 11) is -3.43. The van der Waals surface area contributed by atoms with Crippen LogP contribution in [0.2, 0.25) is 0 Å². The predicted octanol–water partition coefficient (Wildman–Crippen LogP) is 6.74. The van der Waals surface area contributed by atoms with E-state index in [-0.39, 0.29) is 12.6 Å². The Kier molecular flexibility index (Phi) is 7.35. The van der Waals surface area contributed by atoms with E-state index in [0.717, 1.165) is 69.2 Å². The number of halogens is 1. The van der Waals surface area contributed by atoms with Crippen LogP contribution in [0.25, 0.3) is 55.6 Å². The fourth-order valence-electron chi connectivity index (χ4n) is 5.93. The van der Waals surface area contributed by atoms with Crippen LogP contribution in [-0.4, -0.2) is 45.9 Å². The number of aromatic nitrogens is 5. The average molecular weight is 611 g/mol. The normalized spacial score (nSPS) is 14.4. The highest BCUT2D eigenvalue weighted by atomic mass is 32.2. The molecule has 1 saturated carbocycles. The number of nitrogens with zero attached hydrogens (tertiary/aromatic N) is 3. The predicted molar refractivity (Wildman–Crippen MR) is 169 cm³/mol. The van der Waals surface area contributed by atoms with Crippen molar-refractivity contribution in [1.82, 2.24) is 29.9 Å². The van der Waals surface area contributed by atoms with Gasteiger partial charge in [0.15, 0.2) is 0 Å². The van der Waals surface area contributed by atoms with Crippen LogP contribution in [0.5, 0.6) is 5.75 Å². The Morgan fingerprint density at radius 1 is 0.909 bits per heavy atom. The molecule has 1 fully saturated rings. The standard InChI is InChI=1S/C33H31FN6O3S/c1-44(41,42)37-17-20-11-22(13-24(34)12-20)32-28-16-31(38-29(28)9-10-36-32)33-27-15-21(7-8-30(27)39-40-33)23-14-26(19-35-18-23)43-25-5-3-2-4-6-25/h7-16,18-19,25,37-38H,2-6,17H2,1H3,(H,39,40). The van der Waals surface area contributed by atoms with Crippen molar-refractivity contribution in [2.75, 3.05) is 6.26 Å². The van der Waals surface area contributed by atoms with Crippen LogP contribution in [-0.2, 0) is 16.6 Å². The van der Waals surface area contributed by atoms with E-state index in [1.165, 1.54) is 31.4 Å². The van der Waals surface area contributed by atoms with Crippen molar-refractivity contribution in [3.05, 3.63) is 84.6 Å². The molecule has 0 spiro atoms. The van der Waals surface area contributed by atoms with Crippen LogP contribution in [0.3, 0.4) is 0 Å². The first kappa shape index (κ1) is 28.2. The monoisotopic (exact) mass is 610 g/mol. The number of nitrogens with one attached hydrogen (secondary N) is 3. The minimum atomic E-state index is -3.43. The Balaban J connectivity index is 1.23. The van der Waals surface area contributed by atoms with Gasteiger partial charge < -0.3 is 9.72 Å². The molecule has 1 aliphatic carbocycles. The van der Waals surface area contributed by atoms with E-state index in [4.69, 9.17) is 4.74 Å². The van der Waals surface area contributed by atoms with Crippen molar-refractivity contribution < 1.29 is 17.5 Å². The molecule has 1 aliphatic rings. The van der Waals surface area contributed by atoms with E-state index in [0.29, 0.717) is 16.8 Å². The lowest BCUT2D eigenvalue weighted by Crippen LogP contribution is -2.21.